The minimum atomic E-state index is -1.55. The molecule has 4 aromatic rings. The highest BCUT2D eigenvalue weighted by Gasteiger charge is 2.46. The molecule has 0 aromatic carbocycles. The first kappa shape index (κ1) is 26.0. The molecule has 0 radical (unpaired) electrons. The summed E-state index contributed by atoms with van der Waals surface area (Å²) in [5, 5.41) is 21.8. The number of nitrogen functional groups attached to an aromatic ring is 1. The van der Waals surface area contributed by atoms with E-state index >= 15 is 0 Å². The second-order valence-electron chi connectivity index (χ2n) is 12.0. The van der Waals surface area contributed by atoms with Gasteiger partial charge in [-0.15, -0.1) is 10.2 Å². The summed E-state index contributed by atoms with van der Waals surface area (Å²) in [6, 6.07) is 3.59. The van der Waals surface area contributed by atoms with Crippen molar-refractivity contribution in [2.45, 2.75) is 75.0 Å². The fourth-order valence-corrected chi connectivity index (χ4v) is 7.16. The molecule has 2 aliphatic carbocycles. The van der Waals surface area contributed by atoms with E-state index in [4.69, 9.17) is 10.7 Å². The molecule has 2 bridgehead atoms. The highest BCUT2D eigenvalue weighted by atomic mass is 19.1. The molecule has 43 heavy (non-hydrogen) atoms. The molecule has 4 aromatic heterocycles. The molecule has 0 spiro atoms. The van der Waals surface area contributed by atoms with E-state index in [-0.39, 0.29) is 35.3 Å². The van der Waals surface area contributed by atoms with Gasteiger partial charge < -0.3 is 20.7 Å². The van der Waals surface area contributed by atoms with Crippen molar-refractivity contribution in [3.63, 3.8) is 0 Å². The smallest absolute Gasteiger partial charge is 0.292 e. The number of nitrogens with zero attached hydrogens (tertiary/aromatic N) is 7. The summed E-state index contributed by atoms with van der Waals surface area (Å²) in [5.41, 5.74) is 11.3. The molecule has 13 heteroatoms. The zero-order valence-electron chi connectivity index (χ0n) is 23.1. The molecule has 3 fully saturated rings. The summed E-state index contributed by atoms with van der Waals surface area (Å²) in [6.07, 6.45) is 9.30. The number of allylic oxidation sites excluding steroid dienone is 4. The number of piperidine rings is 1. The van der Waals surface area contributed by atoms with Gasteiger partial charge in [0.1, 0.15) is 24.1 Å². The maximum absolute atomic E-state index is 14.6. The number of hydrogen-bond acceptors (Lipinski definition) is 8. The van der Waals surface area contributed by atoms with Gasteiger partial charge in [0.25, 0.3) is 5.91 Å². The number of aliphatic hydroxyl groups is 1. The number of carbonyl (C=O) groups is 1. The van der Waals surface area contributed by atoms with Crippen LogP contribution in [0, 0.1) is 0 Å². The topological polar surface area (TPSA) is 151 Å². The summed E-state index contributed by atoms with van der Waals surface area (Å²) in [7, 11) is 0. The predicted octanol–water partition coefficient (Wildman–Crippen LogP) is 4.78. The Morgan fingerprint density at radius 2 is 1.88 bits per heavy atom. The van der Waals surface area contributed by atoms with Crippen LogP contribution in [0.1, 0.15) is 84.4 Å². The molecular formula is C30H29F2N9O2. The Kier molecular flexibility index (Phi) is 5.85. The Bertz CT molecular complexity index is 1800. The second kappa shape index (κ2) is 9.68. The van der Waals surface area contributed by atoms with Gasteiger partial charge in [-0.25, -0.2) is 13.8 Å². The van der Waals surface area contributed by atoms with E-state index in [1.165, 1.54) is 6.33 Å². The van der Waals surface area contributed by atoms with Crippen LogP contribution in [-0.2, 0) is 0 Å². The third-order valence-corrected chi connectivity index (χ3v) is 9.35. The molecule has 6 heterocycles. The van der Waals surface area contributed by atoms with Crippen molar-refractivity contribution in [1.29, 1.82) is 0 Å². The lowest BCUT2D eigenvalue weighted by atomic mass is 9.85. The number of pyridine rings is 1. The number of alkyl halides is 1. The summed E-state index contributed by atoms with van der Waals surface area (Å²) in [5.74, 6) is -0.216. The van der Waals surface area contributed by atoms with Gasteiger partial charge >= 0.3 is 0 Å². The molecule has 4 aliphatic rings. The maximum Gasteiger partial charge on any atom is 0.292 e. The fraction of sp³-hybridized carbons (Fsp3) is 0.400. The number of carbonyl (C=O) groups excluding carboxylic acids is 1. The molecular weight excluding hydrogens is 556 g/mol. The van der Waals surface area contributed by atoms with Gasteiger partial charge in [0.2, 0.25) is 5.82 Å². The standard InChI is InChI=1S/C30H29F2N9O2/c31-21-10-24(42)22(32)9-19(21)23-6-3-15(11-34-23)20-12-37-41-27(33)25(14-1-2-14)26(38-29(20)41)16-7-17-4-5-18(8-16)40(17)30(43)28-35-13-36-39-28/h3,6,9,11-14,16-18,21,42H,1-2,4-5,7-8,10,33H2,(H,35,36,39). The van der Waals surface area contributed by atoms with Crippen molar-refractivity contribution in [1.82, 2.24) is 39.7 Å². The SMILES string of the molecule is Nc1c(C2CC2)c(C2CC3CCC(C2)N3C(=O)c2nnc[nH]2)nc2c(-c3ccc(C4=CC(F)=C(O)CC4F)nc3)cnn12. The maximum atomic E-state index is 14.6. The molecule has 4 N–H and O–H groups in total. The van der Waals surface area contributed by atoms with Crippen LogP contribution in [0.25, 0.3) is 22.3 Å². The average Bonchev–Trinajstić information content (AvgIpc) is 3.39. The number of fused-ring (bicyclic) bond motifs is 3. The fourth-order valence-electron chi connectivity index (χ4n) is 7.16. The molecule has 8 rings (SSSR count). The van der Waals surface area contributed by atoms with Crippen molar-refractivity contribution >= 4 is 22.9 Å². The van der Waals surface area contributed by atoms with Crippen LogP contribution in [0.5, 0.6) is 0 Å². The number of aromatic amines is 1. The minimum absolute atomic E-state index is 0.0863. The molecule has 1 saturated carbocycles. The lowest BCUT2D eigenvalue weighted by Gasteiger charge is -2.39. The highest BCUT2D eigenvalue weighted by Crippen LogP contribution is 2.50. The van der Waals surface area contributed by atoms with Gasteiger partial charge in [-0.05, 0) is 56.6 Å². The number of halogens is 2. The lowest BCUT2D eigenvalue weighted by Crippen LogP contribution is -2.46. The van der Waals surface area contributed by atoms with Gasteiger partial charge in [0.15, 0.2) is 11.5 Å². The largest absolute Gasteiger partial charge is 0.509 e. The van der Waals surface area contributed by atoms with Crippen LogP contribution in [0.3, 0.4) is 0 Å². The van der Waals surface area contributed by atoms with Crippen molar-refractivity contribution in [3.05, 3.63) is 71.3 Å². The van der Waals surface area contributed by atoms with Crippen LogP contribution in [-0.4, -0.2) is 68.9 Å². The summed E-state index contributed by atoms with van der Waals surface area (Å²) in [4.78, 5) is 27.7. The Labute approximate surface area is 244 Å². The molecule has 11 nitrogen and oxygen atoms in total. The third-order valence-electron chi connectivity index (χ3n) is 9.35. The van der Waals surface area contributed by atoms with E-state index in [2.05, 4.69) is 25.3 Å². The van der Waals surface area contributed by atoms with Crippen LogP contribution in [0.2, 0.25) is 0 Å². The first-order chi connectivity index (χ1) is 20.9. The first-order valence-corrected chi connectivity index (χ1v) is 14.6. The number of aromatic nitrogens is 7. The Balaban J connectivity index is 1.14. The normalized spacial score (nSPS) is 25.4. The van der Waals surface area contributed by atoms with E-state index in [1.54, 1.807) is 29.0 Å². The van der Waals surface area contributed by atoms with E-state index < -0.39 is 24.2 Å². The Morgan fingerprint density at radius 1 is 1.09 bits per heavy atom. The number of nitrogens with one attached hydrogen (secondary N) is 1. The quantitative estimate of drug-likeness (QED) is 0.303. The van der Waals surface area contributed by atoms with Crippen LogP contribution >= 0.6 is 0 Å². The van der Waals surface area contributed by atoms with Gasteiger partial charge in [-0.3, -0.25) is 9.78 Å². The molecule has 1 amide bonds. The van der Waals surface area contributed by atoms with Gasteiger partial charge in [-0.2, -0.15) is 9.61 Å². The lowest BCUT2D eigenvalue weighted by molar-refractivity contribution is 0.0557. The zero-order chi connectivity index (χ0) is 29.4. The van der Waals surface area contributed by atoms with Crippen molar-refractivity contribution in [2.24, 2.45) is 0 Å². The highest BCUT2D eigenvalue weighted by molar-refractivity contribution is 5.91. The number of anilines is 1. The van der Waals surface area contributed by atoms with Gasteiger partial charge in [-0.1, -0.05) is 6.07 Å². The molecule has 3 unspecified atom stereocenters. The van der Waals surface area contributed by atoms with E-state index in [0.29, 0.717) is 28.6 Å². The summed E-state index contributed by atoms with van der Waals surface area (Å²) < 4.78 is 30.2. The van der Waals surface area contributed by atoms with Crippen LogP contribution < -0.4 is 5.73 Å². The molecule has 3 atom stereocenters. The molecule has 2 saturated heterocycles. The number of amides is 1. The average molecular weight is 586 g/mol. The monoisotopic (exact) mass is 585 g/mol. The number of hydrogen-bond donors (Lipinski definition) is 3. The number of rotatable bonds is 5. The summed E-state index contributed by atoms with van der Waals surface area (Å²) in [6.45, 7) is 0. The van der Waals surface area contributed by atoms with E-state index in [0.717, 1.165) is 61.4 Å². The second-order valence-corrected chi connectivity index (χ2v) is 12.0. The first-order valence-electron chi connectivity index (χ1n) is 14.6. The number of aliphatic hydroxyl groups excluding tert-OH is 1. The zero-order valence-corrected chi connectivity index (χ0v) is 23.1. The molecule has 2 aliphatic heterocycles. The molecule has 220 valence electrons. The van der Waals surface area contributed by atoms with Crippen molar-refractivity contribution < 1.29 is 18.7 Å². The predicted molar refractivity (Wildman–Crippen MR) is 152 cm³/mol. The van der Waals surface area contributed by atoms with Crippen LogP contribution in [0.15, 0.2) is 48.5 Å². The van der Waals surface area contributed by atoms with Gasteiger partial charge in [0.05, 0.1) is 17.6 Å². The Morgan fingerprint density at radius 3 is 2.56 bits per heavy atom. The Hall–Kier alpha value is -4.68. The van der Waals surface area contributed by atoms with Crippen molar-refractivity contribution in [3.8, 4) is 11.1 Å². The van der Waals surface area contributed by atoms with Crippen LogP contribution in [0.4, 0.5) is 14.6 Å². The number of H-pyrrole nitrogens is 1. The van der Waals surface area contributed by atoms with Crippen molar-refractivity contribution in [2.75, 3.05) is 5.73 Å². The van der Waals surface area contributed by atoms with Gasteiger partial charge in [0, 0.05) is 52.9 Å². The summed E-state index contributed by atoms with van der Waals surface area (Å²) >= 11 is 0. The number of nitrogens with two attached hydrogens (primary N) is 1. The van der Waals surface area contributed by atoms with E-state index in [9.17, 15) is 18.7 Å². The minimum Gasteiger partial charge on any atom is -0.509 e. The third kappa shape index (κ3) is 4.20. The van der Waals surface area contributed by atoms with E-state index in [1.807, 2.05) is 4.90 Å².